The molecule has 90 valence electrons. The van der Waals surface area contributed by atoms with Gasteiger partial charge in [-0.25, -0.2) is 8.78 Å². The predicted octanol–water partition coefficient (Wildman–Crippen LogP) is 3.74. The highest BCUT2D eigenvalue weighted by atomic mass is 19.1. The van der Waals surface area contributed by atoms with Crippen LogP contribution in [0.5, 0.6) is 0 Å². The third-order valence-electron chi connectivity index (χ3n) is 2.76. The average Bonchev–Trinajstić information content (AvgIpc) is 2.33. The molecule has 0 heterocycles. The van der Waals surface area contributed by atoms with Crippen molar-refractivity contribution in [2.45, 2.75) is 13.3 Å². The van der Waals surface area contributed by atoms with E-state index in [4.69, 9.17) is 5.26 Å². The summed E-state index contributed by atoms with van der Waals surface area (Å²) < 4.78 is 27.0. The topological polar surface area (TPSA) is 23.8 Å². The van der Waals surface area contributed by atoms with E-state index < -0.39 is 5.82 Å². The molecule has 1 nitrogen and oxygen atoms in total. The van der Waals surface area contributed by atoms with Crippen LogP contribution in [0.1, 0.15) is 22.3 Å². The lowest BCUT2D eigenvalue weighted by atomic mass is 10.0. The van der Waals surface area contributed by atoms with Gasteiger partial charge in [-0.2, -0.15) is 5.26 Å². The van der Waals surface area contributed by atoms with Crippen LogP contribution in [0, 0.1) is 29.9 Å². The number of halogens is 2. The zero-order chi connectivity index (χ0) is 13.1. The first kappa shape index (κ1) is 12.3. The highest BCUT2D eigenvalue weighted by Crippen LogP contribution is 2.17. The van der Waals surface area contributed by atoms with Crippen LogP contribution in [-0.2, 0) is 6.42 Å². The van der Waals surface area contributed by atoms with Crippen LogP contribution in [0.4, 0.5) is 8.78 Å². The summed E-state index contributed by atoms with van der Waals surface area (Å²) in [4.78, 5) is 0. The van der Waals surface area contributed by atoms with Crippen LogP contribution in [0.2, 0.25) is 0 Å². The molecule has 3 heteroatoms. The van der Waals surface area contributed by atoms with E-state index >= 15 is 0 Å². The summed E-state index contributed by atoms with van der Waals surface area (Å²) in [6.07, 6.45) is 0.314. The summed E-state index contributed by atoms with van der Waals surface area (Å²) in [5, 5.41) is 8.62. The maximum Gasteiger partial charge on any atom is 0.141 e. The van der Waals surface area contributed by atoms with E-state index in [0.717, 1.165) is 5.56 Å². The lowest BCUT2D eigenvalue weighted by molar-refractivity contribution is 0.609. The van der Waals surface area contributed by atoms with E-state index in [1.165, 1.54) is 18.2 Å². The Kier molecular flexibility index (Phi) is 3.38. The molecule has 0 N–H and O–H groups in total. The molecule has 2 aromatic rings. The van der Waals surface area contributed by atoms with Crippen LogP contribution in [0.25, 0.3) is 0 Å². The Morgan fingerprint density at radius 3 is 2.44 bits per heavy atom. The van der Waals surface area contributed by atoms with Crippen molar-refractivity contribution in [1.82, 2.24) is 0 Å². The molecule has 0 aliphatic heterocycles. The normalized spacial score (nSPS) is 10.1. The van der Waals surface area contributed by atoms with E-state index in [2.05, 4.69) is 0 Å². The molecule has 0 bridgehead atoms. The molecule has 0 spiro atoms. The van der Waals surface area contributed by atoms with E-state index in [-0.39, 0.29) is 11.4 Å². The number of nitriles is 1. The van der Waals surface area contributed by atoms with Crippen molar-refractivity contribution in [3.63, 3.8) is 0 Å². The van der Waals surface area contributed by atoms with Gasteiger partial charge in [0.15, 0.2) is 0 Å². The Hall–Kier alpha value is -2.21. The van der Waals surface area contributed by atoms with E-state index in [1.54, 1.807) is 18.2 Å². The van der Waals surface area contributed by atoms with Gasteiger partial charge < -0.3 is 0 Å². The molecule has 2 rings (SSSR count). The fraction of sp³-hybridized carbons (Fsp3) is 0.133. The molecule has 0 amide bonds. The van der Waals surface area contributed by atoms with Crippen LogP contribution < -0.4 is 0 Å². The number of rotatable bonds is 2. The van der Waals surface area contributed by atoms with E-state index in [9.17, 15) is 8.78 Å². The number of nitrogens with zero attached hydrogens (tertiary/aromatic N) is 1. The first-order chi connectivity index (χ1) is 8.60. The average molecular weight is 243 g/mol. The second-order valence-electron chi connectivity index (χ2n) is 4.20. The summed E-state index contributed by atoms with van der Waals surface area (Å²) >= 11 is 0. The second-order valence-corrected chi connectivity index (χ2v) is 4.20. The minimum Gasteiger partial charge on any atom is -0.207 e. The van der Waals surface area contributed by atoms with Crippen molar-refractivity contribution in [3.05, 3.63) is 70.3 Å². The molecule has 0 aromatic heterocycles. The molecular formula is C15H11F2N. The van der Waals surface area contributed by atoms with E-state index in [1.807, 2.05) is 13.0 Å². The highest BCUT2D eigenvalue weighted by molar-refractivity contribution is 5.36. The standard InChI is InChI=1S/C15H11F2N/c1-10-2-4-12(14(16)6-10)7-11-3-5-13(9-18)15(17)8-11/h2-6,8H,7H2,1H3. The molecule has 0 unspecified atom stereocenters. The Bertz CT molecular complexity index is 627. The summed E-state index contributed by atoms with van der Waals surface area (Å²) in [5.74, 6) is -0.859. The third kappa shape index (κ3) is 2.54. The number of aryl methyl sites for hydroxylation is 1. The molecule has 18 heavy (non-hydrogen) atoms. The summed E-state index contributed by atoms with van der Waals surface area (Å²) in [6, 6.07) is 11.1. The lowest BCUT2D eigenvalue weighted by Gasteiger charge is -2.05. The van der Waals surface area contributed by atoms with Crippen molar-refractivity contribution >= 4 is 0 Å². The third-order valence-corrected chi connectivity index (χ3v) is 2.76. The number of benzene rings is 2. The lowest BCUT2D eigenvalue weighted by Crippen LogP contribution is -1.95. The molecular weight excluding hydrogens is 232 g/mol. The molecule has 2 aromatic carbocycles. The Morgan fingerprint density at radius 2 is 1.83 bits per heavy atom. The number of hydrogen-bond acceptors (Lipinski definition) is 1. The van der Waals surface area contributed by atoms with Crippen molar-refractivity contribution < 1.29 is 8.78 Å². The molecule has 0 saturated heterocycles. The Morgan fingerprint density at radius 1 is 1.06 bits per heavy atom. The largest absolute Gasteiger partial charge is 0.207 e. The molecule has 0 fully saturated rings. The van der Waals surface area contributed by atoms with Crippen molar-refractivity contribution in [3.8, 4) is 6.07 Å². The van der Waals surface area contributed by atoms with Gasteiger partial charge >= 0.3 is 0 Å². The van der Waals surface area contributed by atoms with Crippen molar-refractivity contribution in [2.24, 2.45) is 0 Å². The van der Waals surface area contributed by atoms with Gasteiger partial charge in [-0.15, -0.1) is 0 Å². The Labute approximate surface area is 104 Å². The molecule has 0 atom stereocenters. The maximum absolute atomic E-state index is 13.6. The second kappa shape index (κ2) is 4.97. The quantitative estimate of drug-likeness (QED) is 0.788. The fourth-order valence-corrected chi connectivity index (χ4v) is 1.77. The van der Waals surface area contributed by atoms with Gasteiger partial charge in [0, 0.05) is 6.42 Å². The maximum atomic E-state index is 13.6. The van der Waals surface area contributed by atoms with Gasteiger partial charge in [0.1, 0.15) is 17.7 Å². The molecule has 0 aliphatic carbocycles. The molecule has 0 radical (unpaired) electrons. The van der Waals surface area contributed by atoms with Gasteiger partial charge in [-0.05, 0) is 41.8 Å². The van der Waals surface area contributed by atoms with Gasteiger partial charge in [0.05, 0.1) is 5.56 Å². The van der Waals surface area contributed by atoms with Crippen molar-refractivity contribution in [2.75, 3.05) is 0 Å². The smallest absolute Gasteiger partial charge is 0.141 e. The molecule has 0 aliphatic rings. The van der Waals surface area contributed by atoms with Gasteiger partial charge in [0.25, 0.3) is 0 Å². The summed E-state index contributed by atoms with van der Waals surface area (Å²) in [7, 11) is 0. The van der Waals surface area contributed by atoms with Crippen LogP contribution >= 0.6 is 0 Å². The first-order valence-electron chi connectivity index (χ1n) is 5.53. The first-order valence-corrected chi connectivity index (χ1v) is 5.53. The van der Waals surface area contributed by atoms with Crippen LogP contribution in [0.3, 0.4) is 0 Å². The predicted molar refractivity (Wildman–Crippen MR) is 65.1 cm³/mol. The minimum absolute atomic E-state index is 0.00290. The summed E-state index contributed by atoms with van der Waals surface area (Å²) in [5.41, 5.74) is 2.02. The van der Waals surface area contributed by atoms with Gasteiger partial charge in [-0.3, -0.25) is 0 Å². The van der Waals surface area contributed by atoms with Gasteiger partial charge in [-0.1, -0.05) is 18.2 Å². The Balaban J connectivity index is 2.29. The minimum atomic E-state index is -0.567. The van der Waals surface area contributed by atoms with Gasteiger partial charge in [0.2, 0.25) is 0 Å². The SMILES string of the molecule is Cc1ccc(Cc2ccc(C#N)c(F)c2)c(F)c1. The van der Waals surface area contributed by atoms with Crippen molar-refractivity contribution in [1.29, 1.82) is 5.26 Å². The highest BCUT2D eigenvalue weighted by Gasteiger charge is 2.06. The fourth-order valence-electron chi connectivity index (χ4n) is 1.77. The zero-order valence-electron chi connectivity index (χ0n) is 9.87. The van der Waals surface area contributed by atoms with Crippen LogP contribution in [0.15, 0.2) is 36.4 Å². The van der Waals surface area contributed by atoms with Crippen LogP contribution in [-0.4, -0.2) is 0 Å². The zero-order valence-corrected chi connectivity index (χ0v) is 9.87. The number of hydrogen-bond donors (Lipinski definition) is 0. The monoisotopic (exact) mass is 243 g/mol. The van der Waals surface area contributed by atoms with E-state index in [0.29, 0.717) is 17.5 Å². The molecule has 0 saturated carbocycles. The summed E-state index contributed by atoms with van der Waals surface area (Å²) in [6.45, 7) is 1.81.